The van der Waals surface area contributed by atoms with Crippen LogP contribution in [0.3, 0.4) is 0 Å². The van der Waals surface area contributed by atoms with E-state index in [-0.39, 0.29) is 11.1 Å². The number of carboxylic acids is 1. The first-order chi connectivity index (χ1) is 9.02. The van der Waals surface area contributed by atoms with Crippen LogP contribution >= 0.6 is 0 Å². The zero-order valence-corrected chi connectivity index (χ0v) is 10.1. The second-order valence-electron chi connectivity index (χ2n) is 4.14. The molecule has 94 valence electrons. The van der Waals surface area contributed by atoms with E-state index in [2.05, 4.69) is 0 Å². The molecule has 0 unspecified atom stereocenters. The highest BCUT2D eigenvalue weighted by Crippen LogP contribution is 2.26. The quantitative estimate of drug-likeness (QED) is 0.894. The average molecular weight is 255 g/mol. The molecule has 0 atom stereocenters. The highest BCUT2D eigenvalue weighted by Gasteiger charge is 2.11. The van der Waals surface area contributed by atoms with Gasteiger partial charge >= 0.3 is 5.97 Å². The van der Waals surface area contributed by atoms with Gasteiger partial charge in [0.1, 0.15) is 5.82 Å². The van der Waals surface area contributed by atoms with Crippen LogP contribution in [0.25, 0.3) is 11.1 Å². The molecule has 0 fully saturated rings. The van der Waals surface area contributed by atoms with Crippen molar-refractivity contribution in [3.8, 4) is 17.2 Å². The molecule has 0 heterocycles. The zero-order valence-electron chi connectivity index (χ0n) is 10.1. The van der Waals surface area contributed by atoms with Crippen LogP contribution in [0, 0.1) is 24.1 Å². The summed E-state index contributed by atoms with van der Waals surface area (Å²) in [5.74, 6) is -1.63. The molecular weight excluding hydrogens is 245 g/mol. The molecule has 2 aromatic carbocycles. The summed E-state index contributed by atoms with van der Waals surface area (Å²) in [5, 5.41) is 17.9. The molecular formula is C15H10FNO2. The van der Waals surface area contributed by atoms with Gasteiger partial charge in [-0.05, 0) is 42.3 Å². The zero-order chi connectivity index (χ0) is 14.0. The Bertz CT molecular complexity index is 702. The Morgan fingerprint density at radius 3 is 2.63 bits per heavy atom. The summed E-state index contributed by atoms with van der Waals surface area (Å²) in [6, 6.07) is 10.5. The van der Waals surface area contributed by atoms with Gasteiger partial charge in [0.05, 0.1) is 17.2 Å². The van der Waals surface area contributed by atoms with E-state index >= 15 is 0 Å². The molecule has 0 spiro atoms. The summed E-state index contributed by atoms with van der Waals surface area (Å²) >= 11 is 0. The van der Waals surface area contributed by atoms with Gasteiger partial charge in [0.15, 0.2) is 0 Å². The molecule has 0 aliphatic carbocycles. The first-order valence-corrected chi connectivity index (χ1v) is 5.57. The van der Waals surface area contributed by atoms with Gasteiger partial charge < -0.3 is 5.11 Å². The Morgan fingerprint density at radius 1 is 1.26 bits per heavy atom. The lowest BCUT2D eigenvalue weighted by molar-refractivity contribution is 0.0697. The van der Waals surface area contributed by atoms with Gasteiger partial charge in [-0.3, -0.25) is 0 Å². The van der Waals surface area contributed by atoms with Crippen molar-refractivity contribution < 1.29 is 14.3 Å². The number of hydrogen-bond acceptors (Lipinski definition) is 2. The van der Waals surface area contributed by atoms with Crippen LogP contribution in [0.15, 0.2) is 36.4 Å². The summed E-state index contributed by atoms with van der Waals surface area (Å²) in [6.07, 6.45) is 0. The van der Waals surface area contributed by atoms with Crippen molar-refractivity contribution >= 4 is 5.97 Å². The molecule has 0 aromatic heterocycles. The molecule has 0 saturated carbocycles. The fourth-order valence-electron chi connectivity index (χ4n) is 1.79. The number of halogens is 1. The van der Waals surface area contributed by atoms with Crippen molar-refractivity contribution in [2.24, 2.45) is 0 Å². The van der Waals surface area contributed by atoms with Crippen LogP contribution in [-0.2, 0) is 0 Å². The standard InChI is InChI=1S/C15H10FNO2/c1-9-2-3-10(6-12(9)8-17)13-7-11(15(18)19)4-5-14(13)16/h2-7H,1H3,(H,18,19). The van der Waals surface area contributed by atoms with Crippen LogP contribution in [0.5, 0.6) is 0 Å². The predicted octanol–water partition coefficient (Wildman–Crippen LogP) is 3.37. The van der Waals surface area contributed by atoms with E-state index in [0.717, 1.165) is 11.6 Å². The van der Waals surface area contributed by atoms with Crippen LogP contribution in [0.4, 0.5) is 4.39 Å². The smallest absolute Gasteiger partial charge is 0.335 e. The van der Waals surface area contributed by atoms with Gasteiger partial charge in [-0.15, -0.1) is 0 Å². The number of carboxylic acid groups (broad SMARTS) is 1. The minimum absolute atomic E-state index is 0.00971. The van der Waals surface area contributed by atoms with Crippen molar-refractivity contribution in [3.05, 3.63) is 58.9 Å². The SMILES string of the molecule is Cc1ccc(-c2cc(C(=O)O)ccc2F)cc1C#N. The summed E-state index contributed by atoms with van der Waals surface area (Å²) in [5.41, 5.74) is 1.91. The summed E-state index contributed by atoms with van der Waals surface area (Å²) < 4.78 is 13.8. The third-order valence-electron chi connectivity index (χ3n) is 2.88. The molecule has 0 radical (unpaired) electrons. The van der Waals surface area contributed by atoms with Crippen LogP contribution < -0.4 is 0 Å². The molecule has 1 N–H and O–H groups in total. The third kappa shape index (κ3) is 2.45. The maximum Gasteiger partial charge on any atom is 0.335 e. The Balaban J connectivity index is 2.61. The van der Waals surface area contributed by atoms with Crippen molar-refractivity contribution in [3.63, 3.8) is 0 Å². The maximum absolute atomic E-state index is 13.8. The molecule has 2 aromatic rings. The molecule has 0 aliphatic heterocycles. The van der Waals surface area contributed by atoms with Gasteiger partial charge in [-0.25, -0.2) is 9.18 Å². The topological polar surface area (TPSA) is 61.1 Å². The highest BCUT2D eigenvalue weighted by atomic mass is 19.1. The first-order valence-electron chi connectivity index (χ1n) is 5.57. The molecule has 0 aliphatic rings. The van der Waals surface area contributed by atoms with E-state index in [4.69, 9.17) is 10.4 Å². The van der Waals surface area contributed by atoms with E-state index < -0.39 is 11.8 Å². The predicted molar refractivity (Wildman–Crippen MR) is 68.2 cm³/mol. The van der Waals surface area contributed by atoms with E-state index in [1.165, 1.54) is 12.1 Å². The normalized spacial score (nSPS) is 9.95. The fraction of sp³-hybridized carbons (Fsp3) is 0.0667. The number of carbonyl (C=O) groups is 1. The van der Waals surface area contributed by atoms with Crippen molar-refractivity contribution in [2.45, 2.75) is 6.92 Å². The van der Waals surface area contributed by atoms with Gasteiger partial charge in [0.25, 0.3) is 0 Å². The molecule has 4 heteroatoms. The van der Waals surface area contributed by atoms with Crippen molar-refractivity contribution in [2.75, 3.05) is 0 Å². The minimum atomic E-state index is -1.12. The second-order valence-corrected chi connectivity index (χ2v) is 4.14. The Labute approximate surface area is 109 Å². The van der Waals surface area contributed by atoms with Crippen molar-refractivity contribution in [1.82, 2.24) is 0 Å². The average Bonchev–Trinajstić information content (AvgIpc) is 2.40. The number of aromatic carboxylic acids is 1. The fourth-order valence-corrected chi connectivity index (χ4v) is 1.79. The summed E-state index contributed by atoms with van der Waals surface area (Å²) in [4.78, 5) is 10.9. The number of nitriles is 1. The molecule has 3 nitrogen and oxygen atoms in total. The molecule has 0 bridgehead atoms. The van der Waals surface area contributed by atoms with Gasteiger partial charge in [-0.1, -0.05) is 12.1 Å². The molecule has 2 rings (SSSR count). The van der Waals surface area contributed by atoms with Crippen LogP contribution in [-0.4, -0.2) is 11.1 Å². The third-order valence-corrected chi connectivity index (χ3v) is 2.88. The van der Waals surface area contributed by atoms with Crippen LogP contribution in [0.2, 0.25) is 0 Å². The molecule has 19 heavy (non-hydrogen) atoms. The summed E-state index contributed by atoms with van der Waals surface area (Å²) in [6.45, 7) is 1.78. The van der Waals surface area contributed by atoms with Gasteiger partial charge in [0.2, 0.25) is 0 Å². The van der Waals surface area contributed by atoms with E-state index in [9.17, 15) is 9.18 Å². The Hall–Kier alpha value is -2.67. The summed E-state index contributed by atoms with van der Waals surface area (Å²) in [7, 11) is 0. The van der Waals surface area contributed by atoms with Gasteiger partial charge in [-0.2, -0.15) is 5.26 Å². The highest BCUT2D eigenvalue weighted by molar-refractivity contribution is 5.89. The monoisotopic (exact) mass is 255 g/mol. The van der Waals surface area contributed by atoms with E-state index in [1.807, 2.05) is 6.07 Å². The van der Waals surface area contributed by atoms with E-state index in [0.29, 0.717) is 11.1 Å². The number of benzene rings is 2. The minimum Gasteiger partial charge on any atom is -0.478 e. The number of aryl methyl sites for hydroxylation is 1. The first kappa shape index (κ1) is 12.8. The van der Waals surface area contributed by atoms with Crippen LogP contribution in [0.1, 0.15) is 21.5 Å². The lowest BCUT2D eigenvalue weighted by Gasteiger charge is -2.07. The second kappa shape index (κ2) is 4.91. The maximum atomic E-state index is 13.8. The van der Waals surface area contributed by atoms with Gasteiger partial charge in [0, 0.05) is 5.56 Å². The number of nitrogens with zero attached hydrogens (tertiary/aromatic N) is 1. The lowest BCUT2D eigenvalue weighted by atomic mass is 9.98. The molecule has 0 saturated heterocycles. The number of hydrogen-bond donors (Lipinski definition) is 1. The largest absolute Gasteiger partial charge is 0.478 e. The lowest BCUT2D eigenvalue weighted by Crippen LogP contribution is -1.98. The van der Waals surface area contributed by atoms with E-state index in [1.54, 1.807) is 25.1 Å². The number of rotatable bonds is 2. The molecule has 0 amide bonds. The Morgan fingerprint density at radius 2 is 2.00 bits per heavy atom. The van der Waals surface area contributed by atoms with Crippen molar-refractivity contribution in [1.29, 1.82) is 5.26 Å². The Kier molecular flexibility index (Phi) is 3.30.